The first-order chi connectivity index (χ1) is 29.3. The highest BCUT2D eigenvalue weighted by atomic mass is 32.1. The van der Waals surface area contributed by atoms with Crippen LogP contribution >= 0.6 is 22.7 Å². The van der Waals surface area contributed by atoms with Gasteiger partial charge in [0.2, 0.25) is 0 Å². The van der Waals surface area contributed by atoms with Gasteiger partial charge in [-0.15, -0.1) is 22.7 Å². The molecule has 0 amide bonds. The van der Waals surface area contributed by atoms with Gasteiger partial charge in [0.05, 0.1) is 6.85 Å². The lowest BCUT2D eigenvalue weighted by Gasteiger charge is -2.10. The highest BCUT2D eigenvalue weighted by Crippen LogP contribution is 2.45. The summed E-state index contributed by atoms with van der Waals surface area (Å²) < 4.78 is 50.5. The van der Waals surface area contributed by atoms with Crippen molar-refractivity contribution in [2.24, 2.45) is 0 Å². The van der Waals surface area contributed by atoms with Gasteiger partial charge in [0, 0.05) is 63.6 Å². The topological polar surface area (TPSA) is 51.8 Å². The maximum atomic E-state index is 8.56. The summed E-state index contributed by atoms with van der Waals surface area (Å²) in [5, 5.41) is 6.26. The van der Waals surface area contributed by atoms with E-state index in [0.29, 0.717) is 34.2 Å². The quantitative estimate of drug-likeness (QED) is 0.170. The van der Waals surface area contributed by atoms with E-state index in [1.807, 2.05) is 54.6 Å². The monoisotopic (exact) mass is 744 g/mol. The molecule has 11 rings (SSSR count). The summed E-state index contributed by atoms with van der Waals surface area (Å²) in [4.78, 5) is 16.8. The third-order valence-corrected chi connectivity index (χ3v) is 12.1. The summed E-state index contributed by atoms with van der Waals surface area (Å²) >= 11 is 3.44. The fourth-order valence-electron chi connectivity index (χ4n) is 7.47. The Bertz CT molecular complexity index is 3460. The molecule has 0 spiro atoms. The van der Waals surface area contributed by atoms with E-state index < -0.39 is 6.04 Å². The number of benzene rings is 7. The van der Waals surface area contributed by atoms with Crippen molar-refractivity contribution in [1.82, 2.24) is 15.0 Å². The molecule has 0 saturated carbocycles. The zero-order valence-corrected chi connectivity index (χ0v) is 30.6. The predicted molar refractivity (Wildman–Crippen MR) is 230 cm³/mol. The van der Waals surface area contributed by atoms with E-state index in [-0.39, 0.29) is 29.7 Å². The average Bonchev–Trinajstić information content (AvgIpc) is 4.06. The van der Waals surface area contributed by atoms with Crippen molar-refractivity contribution in [3.05, 3.63) is 175 Å². The molecule has 0 aliphatic heterocycles. The number of nitrogens with zero attached hydrogens (tertiary/aromatic N) is 3. The van der Waals surface area contributed by atoms with Crippen molar-refractivity contribution in [3.63, 3.8) is 0 Å². The van der Waals surface area contributed by atoms with Crippen molar-refractivity contribution in [3.8, 4) is 66.9 Å². The van der Waals surface area contributed by atoms with Gasteiger partial charge < -0.3 is 4.42 Å². The summed E-state index contributed by atoms with van der Waals surface area (Å²) in [7, 11) is 0. The molecule has 7 aromatic carbocycles. The van der Waals surface area contributed by atoms with Crippen LogP contribution in [-0.2, 0) is 0 Å². The molecule has 0 fully saturated rings. The maximum absolute atomic E-state index is 8.56. The molecule has 0 radical (unpaired) electrons. The van der Waals surface area contributed by atoms with Crippen molar-refractivity contribution in [1.29, 1.82) is 0 Å². The molecule has 0 unspecified atom stereocenters. The van der Waals surface area contributed by atoms with E-state index in [0.717, 1.165) is 48.7 Å². The fraction of sp³-hybridized carbons (Fsp3) is 0. The van der Waals surface area contributed by atoms with Crippen LogP contribution in [0.25, 0.3) is 109 Å². The highest BCUT2D eigenvalue weighted by Gasteiger charge is 2.21. The standard InChI is InChI=1S/C49H29N3OS2/c1-3-12-30(13-4-1)31-25-27-33(28-26-31)47-50-48(38-20-9-22-40-43(38)36-18-7-16-34(45(36)53-40)32-14-5-2-6-15-32)52-49(51-47)39-21-8-19-37-44-35(41-24-11-29-54-41)17-10-23-42(44)55-46(37)39/h1-29H/i1D,3D,4D,12D,13D. The van der Waals surface area contributed by atoms with Crippen LogP contribution < -0.4 is 0 Å². The molecule has 55 heavy (non-hydrogen) atoms. The normalized spacial score (nSPS) is 12.9. The molecule has 11 aromatic rings. The van der Waals surface area contributed by atoms with Gasteiger partial charge >= 0.3 is 0 Å². The Labute approximate surface area is 331 Å². The molecule has 0 aliphatic rings. The van der Waals surface area contributed by atoms with Crippen LogP contribution in [0.15, 0.2) is 180 Å². The second kappa shape index (κ2) is 13.0. The van der Waals surface area contributed by atoms with Crippen LogP contribution in [0.5, 0.6) is 0 Å². The number of aromatic nitrogens is 3. The van der Waals surface area contributed by atoms with Crippen molar-refractivity contribution >= 4 is 64.8 Å². The Balaban J connectivity index is 1.14. The highest BCUT2D eigenvalue weighted by molar-refractivity contribution is 7.26. The third kappa shape index (κ3) is 5.37. The van der Waals surface area contributed by atoms with Crippen molar-refractivity contribution < 1.29 is 11.3 Å². The largest absolute Gasteiger partial charge is 0.455 e. The molecule has 4 heterocycles. The van der Waals surface area contributed by atoms with Crippen molar-refractivity contribution in [2.75, 3.05) is 0 Å². The Morgan fingerprint density at radius 3 is 1.98 bits per heavy atom. The van der Waals surface area contributed by atoms with E-state index in [1.54, 1.807) is 34.8 Å². The Morgan fingerprint density at radius 1 is 0.473 bits per heavy atom. The molecule has 258 valence electrons. The van der Waals surface area contributed by atoms with Crippen molar-refractivity contribution in [2.45, 2.75) is 0 Å². The minimum atomic E-state index is -0.427. The Kier molecular flexibility index (Phi) is 6.36. The van der Waals surface area contributed by atoms with E-state index in [1.165, 1.54) is 20.5 Å². The first kappa shape index (κ1) is 26.9. The molecule has 0 aliphatic carbocycles. The summed E-state index contributed by atoms with van der Waals surface area (Å²) in [6.45, 7) is 0. The lowest BCUT2D eigenvalue weighted by molar-refractivity contribution is 0.670. The van der Waals surface area contributed by atoms with E-state index in [2.05, 4.69) is 78.2 Å². The Morgan fingerprint density at radius 2 is 1.16 bits per heavy atom. The van der Waals surface area contributed by atoms with Crippen LogP contribution in [0.1, 0.15) is 6.85 Å². The molecule has 6 heteroatoms. The van der Waals surface area contributed by atoms with E-state index >= 15 is 0 Å². The zero-order valence-electron chi connectivity index (χ0n) is 33.9. The van der Waals surface area contributed by atoms with Gasteiger partial charge in [0.15, 0.2) is 17.5 Å². The van der Waals surface area contributed by atoms with Crippen LogP contribution in [0.2, 0.25) is 0 Å². The first-order valence-corrected chi connectivity index (χ1v) is 19.5. The second-order valence-corrected chi connectivity index (χ2v) is 15.2. The number of hydrogen-bond acceptors (Lipinski definition) is 6. The van der Waals surface area contributed by atoms with Crippen LogP contribution in [-0.4, -0.2) is 15.0 Å². The molecule has 0 atom stereocenters. The predicted octanol–water partition coefficient (Wildman–Crippen LogP) is 14.2. The lowest BCUT2D eigenvalue weighted by atomic mass is 10.0. The van der Waals surface area contributed by atoms with Gasteiger partial charge in [-0.1, -0.05) is 145 Å². The van der Waals surface area contributed by atoms with E-state index in [4.69, 9.17) is 26.2 Å². The number of furan rings is 1. The number of fused-ring (bicyclic) bond motifs is 6. The smallest absolute Gasteiger partial charge is 0.165 e. The summed E-state index contributed by atoms with van der Waals surface area (Å²) in [5.74, 6) is 1.41. The van der Waals surface area contributed by atoms with Gasteiger partial charge in [-0.25, -0.2) is 15.0 Å². The minimum Gasteiger partial charge on any atom is -0.455 e. The first-order valence-electron chi connectivity index (χ1n) is 20.3. The average molecular weight is 745 g/mol. The number of thiophene rings is 2. The van der Waals surface area contributed by atoms with Gasteiger partial charge in [-0.2, -0.15) is 0 Å². The zero-order chi connectivity index (χ0) is 40.6. The van der Waals surface area contributed by atoms with Gasteiger partial charge in [-0.3, -0.25) is 0 Å². The second-order valence-electron chi connectivity index (χ2n) is 13.2. The maximum Gasteiger partial charge on any atom is 0.165 e. The van der Waals surface area contributed by atoms with Crippen LogP contribution in [0.4, 0.5) is 0 Å². The van der Waals surface area contributed by atoms with E-state index in [9.17, 15) is 0 Å². The number of rotatable bonds is 6. The molecule has 0 N–H and O–H groups in total. The molecular weight excluding hydrogens is 711 g/mol. The molecule has 0 saturated heterocycles. The molecule has 0 bridgehead atoms. The van der Waals surface area contributed by atoms with Gasteiger partial charge in [0.1, 0.15) is 11.2 Å². The van der Waals surface area contributed by atoms with Crippen LogP contribution in [0, 0.1) is 0 Å². The third-order valence-electron chi connectivity index (χ3n) is 9.97. The fourth-order valence-corrected chi connectivity index (χ4v) is 9.46. The van der Waals surface area contributed by atoms with Crippen LogP contribution in [0.3, 0.4) is 0 Å². The number of para-hydroxylation sites is 1. The summed E-state index contributed by atoms with van der Waals surface area (Å²) in [5.41, 5.74) is 7.70. The van der Waals surface area contributed by atoms with Gasteiger partial charge in [0.25, 0.3) is 0 Å². The molecular formula is C49H29N3OS2. The minimum absolute atomic E-state index is 0.135. The molecule has 4 nitrogen and oxygen atoms in total. The SMILES string of the molecule is [2H]c1c([2H])c([2H])c(-c2ccc(-c3nc(-c4cccc5c4sc4cccc(-c6cccs6)c45)nc(-c4cccc5oc6c(-c7ccccc7)cccc6c45)n3)cc2)c([2H])c1[2H]. The summed E-state index contributed by atoms with van der Waals surface area (Å²) in [6, 6.07) is 44.8. The Hall–Kier alpha value is -6.73. The summed E-state index contributed by atoms with van der Waals surface area (Å²) in [6.07, 6.45) is 0. The number of hydrogen-bond donors (Lipinski definition) is 0. The molecule has 4 aromatic heterocycles. The lowest BCUT2D eigenvalue weighted by Crippen LogP contribution is -2.00. The van der Waals surface area contributed by atoms with Gasteiger partial charge in [-0.05, 0) is 46.3 Å².